The van der Waals surface area contributed by atoms with Gasteiger partial charge in [0.05, 0.1) is 0 Å². The molecule has 0 fully saturated rings. The molecule has 0 aliphatic heterocycles. The van der Waals surface area contributed by atoms with E-state index in [0.717, 1.165) is 0 Å². The summed E-state index contributed by atoms with van der Waals surface area (Å²) in [5.74, 6) is -5.05. The first-order valence-electron chi connectivity index (χ1n) is 3.14. The van der Waals surface area contributed by atoms with Crippen molar-refractivity contribution in [3.63, 3.8) is 0 Å². The second kappa shape index (κ2) is 4.06. The van der Waals surface area contributed by atoms with Gasteiger partial charge in [0.1, 0.15) is 0 Å². The fourth-order valence-corrected chi connectivity index (χ4v) is 0.723. The molecule has 92 valence electrons. The summed E-state index contributed by atoms with van der Waals surface area (Å²) in [6, 6.07) is 0. The lowest BCUT2D eigenvalue weighted by atomic mass is 10.1. The number of hydrogen-bond acceptors (Lipinski definition) is 1. The van der Waals surface area contributed by atoms with Crippen molar-refractivity contribution in [2.75, 3.05) is 6.86 Å². The highest BCUT2D eigenvalue weighted by Gasteiger charge is 2.70. The molecule has 0 bridgehead atoms. The van der Waals surface area contributed by atoms with Crippen molar-refractivity contribution >= 4 is 0 Å². The lowest BCUT2D eigenvalue weighted by Gasteiger charge is -2.28. The Balaban J connectivity index is 5.13. The van der Waals surface area contributed by atoms with E-state index in [1.807, 2.05) is 0 Å². The van der Waals surface area contributed by atoms with E-state index in [1.165, 1.54) is 0 Å². The Morgan fingerprint density at radius 3 is 1.33 bits per heavy atom. The Morgan fingerprint density at radius 1 is 0.800 bits per heavy atom. The molecule has 0 saturated carbocycles. The molecule has 15 heavy (non-hydrogen) atoms. The number of halogens is 9. The minimum atomic E-state index is -6.28. The number of hydrogen-bond donors (Lipinski definition) is 0. The summed E-state index contributed by atoms with van der Waals surface area (Å²) >= 11 is 0. The minimum Gasteiger partial charge on any atom is -0.288 e. The Kier molecular flexibility index (Phi) is 3.88. The van der Waals surface area contributed by atoms with E-state index < -0.39 is 31.2 Å². The van der Waals surface area contributed by atoms with Gasteiger partial charge in [0.15, 0.2) is 6.86 Å². The van der Waals surface area contributed by atoms with Gasteiger partial charge in [-0.25, -0.2) is 4.39 Å². The van der Waals surface area contributed by atoms with Crippen LogP contribution in [-0.4, -0.2) is 25.3 Å². The zero-order valence-corrected chi connectivity index (χ0v) is 6.59. The van der Waals surface area contributed by atoms with Crippen LogP contribution in [0.15, 0.2) is 0 Å². The van der Waals surface area contributed by atoms with Crippen LogP contribution < -0.4 is 0 Å². The Morgan fingerprint density at radius 2 is 1.13 bits per heavy atom. The van der Waals surface area contributed by atoms with Crippen LogP contribution in [-0.2, 0) is 4.74 Å². The average Bonchev–Trinajstić information content (AvgIpc) is 1.75. The smallest absolute Gasteiger partial charge is 0.288 e. The van der Waals surface area contributed by atoms with Gasteiger partial charge < -0.3 is 0 Å². The fraction of sp³-hybridized carbons (Fsp3) is 1.00. The highest BCUT2D eigenvalue weighted by molar-refractivity contribution is 4.82. The normalized spacial score (nSPS) is 14.8. The van der Waals surface area contributed by atoms with Gasteiger partial charge in [-0.05, 0) is 0 Å². The third kappa shape index (κ3) is 3.76. The molecular formula is C5H3F9O. The van der Waals surface area contributed by atoms with E-state index in [9.17, 15) is 39.5 Å². The van der Waals surface area contributed by atoms with Gasteiger partial charge >= 0.3 is 18.5 Å². The van der Waals surface area contributed by atoms with Crippen molar-refractivity contribution in [3.8, 4) is 0 Å². The van der Waals surface area contributed by atoms with E-state index >= 15 is 0 Å². The van der Waals surface area contributed by atoms with Crippen LogP contribution in [0.1, 0.15) is 0 Å². The Labute approximate surface area is 76.8 Å². The fourth-order valence-electron chi connectivity index (χ4n) is 0.723. The van der Waals surface area contributed by atoms with Gasteiger partial charge in [-0.2, -0.15) is 35.1 Å². The van der Waals surface area contributed by atoms with Crippen molar-refractivity contribution < 1.29 is 44.3 Å². The molecule has 0 unspecified atom stereocenters. The first-order chi connectivity index (χ1) is 6.43. The number of ether oxygens (including phenoxy) is 1. The highest BCUT2D eigenvalue weighted by Crippen LogP contribution is 2.48. The quantitative estimate of drug-likeness (QED) is 0.698. The lowest BCUT2D eigenvalue weighted by molar-refractivity contribution is -0.403. The molecule has 0 aromatic rings. The van der Waals surface area contributed by atoms with E-state index in [0.29, 0.717) is 0 Å². The van der Waals surface area contributed by atoms with Crippen LogP contribution in [0.25, 0.3) is 0 Å². The molecule has 0 aromatic carbocycles. The van der Waals surface area contributed by atoms with Crippen LogP contribution in [0.3, 0.4) is 0 Å². The molecule has 1 nitrogen and oxygen atoms in total. The van der Waals surface area contributed by atoms with Crippen LogP contribution in [0.2, 0.25) is 0 Å². The second-order valence-corrected chi connectivity index (χ2v) is 2.33. The third-order valence-corrected chi connectivity index (χ3v) is 1.24. The Bertz CT molecular complexity index is 190. The summed E-state index contributed by atoms with van der Waals surface area (Å²) in [5.41, 5.74) is 0. The molecule has 0 amide bonds. The van der Waals surface area contributed by atoms with E-state index in [-0.39, 0.29) is 0 Å². The lowest BCUT2D eigenvalue weighted by Crippen LogP contribution is -2.50. The highest BCUT2D eigenvalue weighted by atomic mass is 19.4. The van der Waals surface area contributed by atoms with E-state index in [1.54, 1.807) is 0 Å². The summed E-state index contributed by atoms with van der Waals surface area (Å²) in [4.78, 5) is 0. The summed E-state index contributed by atoms with van der Waals surface area (Å²) in [6.07, 6.45) is -18.3. The zero-order valence-electron chi connectivity index (χ0n) is 6.59. The zero-order chi connectivity index (χ0) is 12.5. The van der Waals surface area contributed by atoms with Crippen molar-refractivity contribution in [3.05, 3.63) is 0 Å². The number of rotatable bonds is 3. The van der Waals surface area contributed by atoms with E-state index in [2.05, 4.69) is 4.74 Å². The number of alkyl halides is 9. The van der Waals surface area contributed by atoms with E-state index in [4.69, 9.17) is 0 Å². The molecule has 0 N–H and O–H groups in total. The van der Waals surface area contributed by atoms with Gasteiger partial charge in [0.25, 0.3) is 0 Å². The molecule has 0 aromatic heterocycles. The standard InChI is InChI=1S/C5H3F9O/c6-1-15-5(13,14)2(3(7,8)9)4(10,11)12/h2H,1H2. The van der Waals surface area contributed by atoms with Gasteiger partial charge in [0.2, 0.25) is 5.92 Å². The molecule has 0 spiro atoms. The maximum atomic E-state index is 12.2. The predicted molar refractivity (Wildman–Crippen MR) is 27.6 cm³/mol. The van der Waals surface area contributed by atoms with Gasteiger partial charge in [-0.15, -0.1) is 0 Å². The predicted octanol–water partition coefficient (Wildman–Crippen LogP) is 3.26. The summed E-state index contributed by atoms with van der Waals surface area (Å²) in [5, 5.41) is 0. The summed E-state index contributed by atoms with van der Waals surface area (Å²) in [7, 11) is 0. The van der Waals surface area contributed by atoms with Crippen molar-refractivity contribution in [2.24, 2.45) is 5.92 Å². The average molecular weight is 250 g/mol. The summed E-state index contributed by atoms with van der Waals surface area (Å²) in [6.45, 7) is -2.46. The van der Waals surface area contributed by atoms with Gasteiger partial charge in [-0.1, -0.05) is 0 Å². The minimum absolute atomic E-state index is 2.46. The first kappa shape index (κ1) is 14.3. The molecule has 0 heterocycles. The van der Waals surface area contributed by atoms with Gasteiger partial charge in [-0.3, -0.25) is 4.74 Å². The maximum absolute atomic E-state index is 12.2. The topological polar surface area (TPSA) is 9.23 Å². The van der Waals surface area contributed by atoms with Crippen LogP contribution in [0, 0.1) is 5.92 Å². The van der Waals surface area contributed by atoms with Crippen molar-refractivity contribution in [1.82, 2.24) is 0 Å². The maximum Gasteiger partial charge on any atom is 0.409 e. The molecule has 10 heteroatoms. The van der Waals surface area contributed by atoms with Gasteiger partial charge in [0, 0.05) is 0 Å². The van der Waals surface area contributed by atoms with Crippen LogP contribution >= 0.6 is 0 Å². The SMILES string of the molecule is FCOC(F)(F)C(C(F)(F)F)C(F)(F)F. The summed E-state index contributed by atoms with van der Waals surface area (Å²) < 4.78 is 108. The first-order valence-corrected chi connectivity index (χ1v) is 3.14. The van der Waals surface area contributed by atoms with Crippen molar-refractivity contribution in [1.29, 1.82) is 0 Å². The van der Waals surface area contributed by atoms with Crippen molar-refractivity contribution in [2.45, 2.75) is 18.5 Å². The Hall–Kier alpha value is -0.670. The van der Waals surface area contributed by atoms with Crippen LogP contribution in [0.5, 0.6) is 0 Å². The largest absolute Gasteiger partial charge is 0.409 e. The van der Waals surface area contributed by atoms with Crippen LogP contribution in [0.4, 0.5) is 39.5 Å². The molecule has 0 rings (SSSR count). The molecule has 0 saturated heterocycles. The third-order valence-electron chi connectivity index (χ3n) is 1.24. The molecule has 0 aliphatic rings. The second-order valence-electron chi connectivity index (χ2n) is 2.33. The molecule has 0 atom stereocenters. The molecule has 0 aliphatic carbocycles. The molecular weight excluding hydrogens is 247 g/mol. The molecule has 0 radical (unpaired) electrons. The monoisotopic (exact) mass is 250 g/mol.